The number of hydrogen-bond donors (Lipinski definition) is 0. The highest BCUT2D eigenvalue weighted by Crippen LogP contribution is 2.30. The molecule has 0 saturated heterocycles. The highest BCUT2D eigenvalue weighted by atomic mass is 32.2. The van der Waals surface area contributed by atoms with Crippen LogP contribution < -0.4 is 5.56 Å². The average Bonchev–Trinajstić information content (AvgIpc) is 3.00. The number of hydrogen-bond acceptors (Lipinski definition) is 5. The average molecular weight is 577 g/mol. The third-order valence-corrected chi connectivity index (χ3v) is 9.53. The minimum absolute atomic E-state index is 0.109. The Morgan fingerprint density at radius 3 is 2.00 bits per heavy atom. The molecule has 0 N–H and O–H groups in total. The maximum absolute atomic E-state index is 13.9. The molecule has 0 fully saturated rings. The number of rotatable bonds is 6. The highest BCUT2D eigenvalue weighted by molar-refractivity contribution is 7.89. The monoisotopic (exact) mass is 576 g/mol. The first-order chi connectivity index (χ1) is 19.9. The van der Waals surface area contributed by atoms with Gasteiger partial charge in [0.05, 0.1) is 39.2 Å². The van der Waals surface area contributed by atoms with Crippen molar-refractivity contribution in [3.05, 3.63) is 124 Å². The molecule has 1 unspecified atom stereocenters. The molecule has 5 rings (SSSR count). The molecule has 1 atom stereocenters. The van der Waals surface area contributed by atoms with E-state index in [-0.39, 0.29) is 15.9 Å². The molecule has 212 valence electrons. The van der Waals surface area contributed by atoms with Gasteiger partial charge in [0.2, 0.25) is 10.0 Å². The summed E-state index contributed by atoms with van der Waals surface area (Å²) >= 11 is 0. The zero-order chi connectivity index (χ0) is 30.2. The van der Waals surface area contributed by atoms with Crippen molar-refractivity contribution < 1.29 is 8.42 Å². The molecule has 0 aliphatic carbocycles. The summed E-state index contributed by atoms with van der Waals surface area (Å²) in [6, 6.07) is 30.0. The molecule has 0 aliphatic rings. The lowest BCUT2D eigenvalue weighted by atomic mass is 9.87. The zero-order valence-corrected chi connectivity index (χ0v) is 25.1. The van der Waals surface area contributed by atoms with Crippen LogP contribution in [0.4, 0.5) is 0 Å². The van der Waals surface area contributed by atoms with E-state index in [4.69, 9.17) is 10.2 Å². The van der Waals surface area contributed by atoms with E-state index < -0.39 is 16.1 Å². The van der Waals surface area contributed by atoms with Gasteiger partial charge in [0.25, 0.3) is 5.56 Å². The largest absolute Gasteiger partial charge is 0.268 e. The van der Waals surface area contributed by atoms with Gasteiger partial charge in [-0.3, -0.25) is 9.36 Å². The molecule has 0 aliphatic heterocycles. The molecule has 5 aromatic rings. The lowest BCUT2D eigenvalue weighted by Gasteiger charge is -2.27. The van der Waals surface area contributed by atoms with Gasteiger partial charge in [0.1, 0.15) is 5.82 Å². The molecule has 7 nitrogen and oxygen atoms in total. The van der Waals surface area contributed by atoms with E-state index in [1.807, 2.05) is 48.5 Å². The summed E-state index contributed by atoms with van der Waals surface area (Å²) < 4.78 is 30.2. The molecule has 1 heterocycles. The SMILES string of the molecule is CC(c1nc2ccccc2c(=O)n1-c1ccc(-c2ccc(C#N)cc2)cc1)N(C)S(=O)(=O)c1ccc(C(C)(C)C)cc1. The predicted molar refractivity (Wildman–Crippen MR) is 166 cm³/mol. The Morgan fingerprint density at radius 2 is 1.43 bits per heavy atom. The first-order valence-electron chi connectivity index (χ1n) is 13.6. The van der Waals surface area contributed by atoms with Crippen LogP contribution in [0.5, 0.6) is 0 Å². The predicted octanol–water partition coefficient (Wildman–Crippen LogP) is 6.60. The Labute approximate surface area is 246 Å². The number of sulfonamides is 1. The Hall–Kier alpha value is -4.58. The Kier molecular flexibility index (Phi) is 7.58. The second kappa shape index (κ2) is 11.0. The van der Waals surface area contributed by atoms with Gasteiger partial charge in [-0.1, -0.05) is 69.3 Å². The van der Waals surface area contributed by atoms with Crippen LogP contribution in [0.3, 0.4) is 0 Å². The van der Waals surface area contributed by atoms with Gasteiger partial charge in [-0.05, 0) is 77.6 Å². The van der Waals surface area contributed by atoms with E-state index >= 15 is 0 Å². The van der Waals surface area contributed by atoms with Crippen molar-refractivity contribution in [3.8, 4) is 22.9 Å². The van der Waals surface area contributed by atoms with Crippen molar-refractivity contribution in [3.63, 3.8) is 0 Å². The number of benzene rings is 4. The van der Waals surface area contributed by atoms with Crippen LogP contribution in [0, 0.1) is 11.3 Å². The summed E-state index contributed by atoms with van der Waals surface area (Å²) in [6.45, 7) is 7.96. The third-order valence-electron chi connectivity index (χ3n) is 7.59. The van der Waals surface area contributed by atoms with Crippen LogP contribution in [-0.4, -0.2) is 29.3 Å². The van der Waals surface area contributed by atoms with Crippen molar-refractivity contribution >= 4 is 20.9 Å². The van der Waals surface area contributed by atoms with Gasteiger partial charge in [0, 0.05) is 7.05 Å². The number of nitriles is 1. The van der Waals surface area contributed by atoms with Crippen molar-refractivity contribution in [1.82, 2.24) is 13.9 Å². The summed E-state index contributed by atoms with van der Waals surface area (Å²) in [4.78, 5) is 18.9. The van der Waals surface area contributed by atoms with Gasteiger partial charge in [-0.2, -0.15) is 9.57 Å². The van der Waals surface area contributed by atoms with Gasteiger partial charge < -0.3 is 0 Å². The Morgan fingerprint density at radius 1 is 0.857 bits per heavy atom. The fourth-order valence-corrected chi connectivity index (χ4v) is 6.21. The highest BCUT2D eigenvalue weighted by Gasteiger charge is 2.30. The zero-order valence-electron chi connectivity index (χ0n) is 24.2. The van der Waals surface area contributed by atoms with E-state index in [9.17, 15) is 13.2 Å². The van der Waals surface area contributed by atoms with Gasteiger partial charge in [-0.15, -0.1) is 0 Å². The second-order valence-electron chi connectivity index (χ2n) is 11.3. The van der Waals surface area contributed by atoms with Crippen molar-refractivity contribution in [1.29, 1.82) is 5.26 Å². The lowest BCUT2D eigenvalue weighted by molar-refractivity contribution is 0.379. The standard InChI is InChI=1S/C34H32N4O3S/c1-23(37(5)42(40,41)29-20-16-27(17-21-29)34(2,3)4)32-36-31-9-7-6-8-30(31)33(39)38(32)28-18-14-26(15-19-28)25-12-10-24(22-35)11-13-25/h6-21,23H,1-5H3. The molecule has 0 saturated carbocycles. The summed E-state index contributed by atoms with van der Waals surface area (Å²) in [5.74, 6) is 0.308. The van der Waals surface area contributed by atoms with Crippen LogP contribution >= 0.6 is 0 Å². The molecule has 8 heteroatoms. The van der Waals surface area contributed by atoms with Crippen molar-refractivity contribution in [2.24, 2.45) is 0 Å². The maximum Gasteiger partial charge on any atom is 0.266 e. The molecule has 0 radical (unpaired) electrons. The number of aromatic nitrogens is 2. The summed E-state index contributed by atoms with van der Waals surface area (Å²) in [5.41, 5.74) is 4.13. The molecular weight excluding hydrogens is 544 g/mol. The Balaban J connectivity index is 1.58. The normalized spacial score (nSPS) is 12.8. The molecule has 0 bridgehead atoms. The van der Waals surface area contributed by atoms with Crippen LogP contribution in [0.15, 0.2) is 107 Å². The molecule has 4 aromatic carbocycles. The fraction of sp³-hybridized carbons (Fsp3) is 0.206. The third kappa shape index (κ3) is 5.37. The van der Waals surface area contributed by atoms with Crippen LogP contribution in [0.25, 0.3) is 27.7 Å². The van der Waals surface area contributed by atoms with E-state index in [0.29, 0.717) is 28.0 Å². The van der Waals surface area contributed by atoms with Crippen LogP contribution in [0.1, 0.15) is 50.7 Å². The van der Waals surface area contributed by atoms with Gasteiger partial charge >= 0.3 is 0 Å². The molecule has 42 heavy (non-hydrogen) atoms. The summed E-state index contributed by atoms with van der Waals surface area (Å²) in [7, 11) is -2.40. The number of nitrogens with zero attached hydrogens (tertiary/aromatic N) is 4. The molecular formula is C34H32N4O3S. The van der Waals surface area contributed by atoms with Crippen molar-refractivity contribution in [2.45, 2.75) is 44.0 Å². The lowest BCUT2D eigenvalue weighted by Crippen LogP contribution is -2.35. The van der Waals surface area contributed by atoms with Gasteiger partial charge in [-0.25, -0.2) is 13.4 Å². The van der Waals surface area contributed by atoms with E-state index in [1.54, 1.807) is 55.5 Å². The molecule has 1 aromatic heterocycles. The van der Waals surface area contributed by atoms with E-state index in [2.05, 4.69) is 26.8 Å². The maximum atomic E-state index is 13.9. The Bertz CT molecular complexity index is 1970. The fourth-order valence-electron chi connectivity index (χ4n) is 4.88. The quantitative estimate of drug-likeness (QED) is 0.227. The second-order valence-corrected chi connectivity index (χ2v) is 13.3. The number of fused-ring (bicyclic) bond motifs is 1. The minimum Gasteiger partial charge on any atom is -0.268 e. The first-order valence-corrected chi connectivity index (χ1v) is 15.1. The van der Waals surface area contributed by atoms with Crippen molar-refractivity contribution in [2.75, 3.05) is 7.05 Å². The summed E-state index contributed by atoms with van der Waals surface area (Å²) in [5, 5.41) is 9.54. The van der Waals surface area contributed by atoms with E-state index in [0.717, 1.165) is 16.7 Å². The minimum atomic E-state index is -3.91. The van der Waals surface area contributed by atoms with Gasteiger partial charge in [0.15, 0.2) is 0 Å². The first kappa shape index (κ1) is 28.9. The molecule has 0 spiro atoms. The van der Waals surface area contributed by atoms with Crippen LogP contribution in [0.2, 0.25) is 0 Å². The number of para-hydroxylation sites is 1. The van der Waals surface area contributed by atoms with E-state index in [1.165, 1.54) is 15.9 Å². The smallest absolute Gasteiger partial charge is 0.266 e. The summed E-state index contributed by atoms with van der Waals surface area (Å²) in [6.07, 6.45) is 0. The topological polar surface area (TPSA) is 96.1 Å². The van der Waals surface area contributed by atoms with Crippen LogP contribution in [-0.2, 0) is 15.4 Å². The molecule has 0 amide bonds.